The van der Waals surface area contributed by atoms with Crippen molar-refractivity contribution in [1.82, 2.24) is 9.80 Å². The zero-order valence-corrected chi connectivity index (χ0v) is 22.2. The summed E-state index contributed by atoms with van der Waals surface area (Å²) >= 11 is 0. The summed E-state index contributed by atoms with van der Waals surface area (Å²) in [6, 6.07) is 19.9. The third-order valence-electron chi connectivity index (χ3n) is 6.85. The number of carbonyl (C=O) groups excluding carboxylic acids is 3. The van der Waals surface area contributed by atoms with Crippen molar-refractivity contribution in [2.45, 2.75) is 0 Å². The van der Waals surface area contributed by atoms with Crippen LogP contribution in [0, 0.1) is 0 Å². The number of nitrogens with zero attached hydrogens (tertiary/aromatic N) is 3. The molecule has 0 saturated carbocycles. The first-order valence-corrected chi connectivity index (χ1v) is 12.8. The minimum atomic E-state index is -2.95. The summed E-state index contributed by atoms with van der Waals surface area (Å²) in [6.45, 7) is -3.81. The van der Waals surface area contributed by atoms with Crippen molar-refractivity contribution in [1.29, 1.82) is 0 Å². The second-order valence-electron chi connectivity index (χ2n) is 9.54. The molecule has 0 radical (unpaired) electrons. The van der Waals surface area contributed by atoms with Crippen molar-refractivity contribution in [3.8, 4) is 0 Å². The molecule has 206 valence electrons. The number of hydrogen-bond acceptors (Lipinski definition) is 7. The molecule has 1 saturated heterocycles. The van der Waals surface area contributed by atoms with Gasteiger partial charge in [-0.1, -0.05) is 36.4 Å². The Kier molecular flexibility index (Phi) is 6.26. The Morgan fingerprint density at radius 3 is 2.42 bits per heavy atom. The molecule has 2 aliphatic heterocycles. The smallest absolute Gasteiger partial charge is 0.337 e. The van der Waals surface area contributed by atoms with Gasteiger partial charge in [0.1, 0.15) is 0 Å². The van der Waals surface area contributed by atoms with E-state index in [1.807, 2.05) is 42.3 Å². The van der Waals surface area contributed by atoms with Gasteiger partial charge in [-0.25, -0.2) is 4.79 Å². The molecule has 0 aromatic heterocycles. The van der Waals surface area contributed by atoms with Crippen LogP contribution in [0.2, 0.25) is 0 Å². The predicted molar refractivity (Wildman–Crippen MR) is 157 cm³/mol. The monoisotopic (exact) mass is 544 g/mol. The number of amides is 2. The summed E-state index contributed by atoms with van der Waals surface area (Å²) < 4.78 is 46.1. The molecule has 0 bridgehead atoms. The number of anilines is 3. The molecule has 0 spiro atoms. The molecule has 2 heterocycles. The lowest BCUT2D eigenvalue weighted by molar-refractivity contribution is -0.119. The van der Waals surface area contributed by atoms with Crippen LogP contribution in [0.25, 0.3) is 11.3 Å². The normalized spacial score (nSPS) is 19.1. The second-order valence-corrected chi connectivity index (χ2v) is 9.54. The molecule has 2 aliphatic rings. The number of ether oxygens (including phenoxy) is 1. The Bertz CT molecular complexity index is 1640. The van der Waals surface area contributed by atoms with E-state index in [0.29, 0.717) is 51.8 Å². The van der Waals surface area contributed by atoms with Gasteiger partial charge in [-0.3, -0.25) is 14.5 Å². The first kappa shape index (κ1) is 21.4. The maximum absolute atomic E-state index is 13.5. The zero-order chi connectivity index (χ0) is 32.5. The van der Waals surface area contributed by atoms with E-state index in [-0.39, 0.29) is 30.2 Å². The van der Waals surface area contributed by atoms with Crippen molar-refractivity contribution in [3.05, 3.63) is 89.5 Å². The van der Waals surface area contributed by atoms with Gasteiger partial charge in [0.15, 0.2) is 0 Å². The molecule has 0 atom stereocenters. The molecule has 5 rings (SSSR count). The fraction of sp³-hybridized carbons (Fsp3) is 0.258. The van der Waals surface area contributed by atoms with E-state index >= 15 is 0 Å². The molecule has 2 N–H and O–H groups in total. The maximum atomic E-state index is 13.5. The Hall–Kier alpha value is -4.47. The Labute approximate surface area is 241 Å². The van der Waals surface area contributed by atoms with Gasteiger partial charge in [0.05, 0.1) is 38.9 Å². The molecule has 40 heavy (non-hydrogen) atoms. The Morgan fingerprint density at radius 2 is 1.75 bits per heavy atom. The third-order valence-corrected chi connectivity index (χ3v) is 6.85. The predicted octanol–water partition coefficient (Wildman–Crippen LogP) is 3.62. The summed E-state index contributed by atoms with van der Waals surface area (Å²) in [5.74, 6) is -2.10. The zero-order valence-electron chi connectivity index (χ0n) is 27.2. The number of likely N-dealkylation sites (N-methyl/N-ethyl adjacent to an activating group) is 2. The van der Waals surface area contributed by atoms with Gasteiger partial charge in [-0.15, -0.1) is 0 Å². The summed E-state index contributed by atoms with van der Waals surface area (Å²) in [5, 5.41) is 6.08. The molecule has 0 unspecified atom stereocenters. The maximum Gasteiger partial charge on any atom is 0.337 e. The lowest BCUT2D eigenvalue weighted by Gasteiger charge is -2.32. The Balaban J connectivity index is 1.49. The van der Waals surface area contributed by atoms with Crippen LogP contribution in [0.5, 0.6) is 0 Å². The highest BCUT2D eigenvalue weighted by Gasteiger charge is 2.29. The fourth-order valence-corrected chi connectivity index (χ4v) is 4.61. The lowest BCUT2D eigenvalue weighted by Crippen LogP contribution is -2.48. The molecule has 1 fully saturated rings. The fourth-order valence-electron chi connectivity index (χ4n) is 4.61. The number of rotatable bonds is 7. The van der Waals surface area contributed by atoms with Crippen molar-refractivity contribution in [3.63, 3.8) is 0 Å². The van der Waals surface area contributed by atoms with E-state index < -0.39 is 25.3 Å². The molecule has 9 heteroatoms. The second kappa shape index (κ2) is 11.7. The van der Waals surface area contributed by atoms with Gasteiger partial charge < -0.3 is 25.2 Å². The quantitative estimate of drug-likeness (QED) is 0.347. The van der Waals surface area contributed by atoms with E-state index in [4.69, 9.17) is 11.6 Å². The van der Waals surface area contributed by atoms with Gasteiger partial charge in [-0.05, 0) is 49.0 Å². The van der Waals surface area contributed by atoms with Crippen molar-refractivity contribution < 1.29 is 26.0 Å². The molecule has 2 amide bonds. The van der Waals surface area contributed by atoms with E-state index in [1.54, 1.807) is 30.3 Å². The minimum absolute atomic E-state index is 0.00300. The van der Waals surface area contributed by atoms with Gasteiger partial charge in [0, 0.05) is 54.2 Å². The van der Waals surface area contributed by atoms with Crippen LogP contribution in [0.1, 0.15) is 28.3 Å². The van der Waals surface area contributed by atoms with Gasteiger partial charge in [0.2, 0.25) is 5.91 Å². The summed E-state index contributed by atoms with van der Waals surface area (Å²) in [7, 11) is 3.18. The van der Waals surface area contributed by atoms with Crippen LogP contribution in [0.15, 0.2) is 72.8 Å². The van der Waals surface area contributed by atoms with Crippen LogP contribution in [-0.2, 0) is 14.3 Å². The van der Waals surface area contributed by atoms with Crippen molar-refractivity contribution >= 4 is 46.1 Å². The van der Waals surface area contributed by atoms with Crippen LogP contribution in [0.4, 0.5) is 17.1 Å². The molecule has 3 aromatic rings. The minimum Gasteiger partial charge on any atom is -0.465 e. The molecular weight excluding hydrogens is 506 g/mol. The van der Waals surface area contributed by atoms with E-state index in [1.165, 1.54) is 24.1 Å². The number of nitrogens with one attached hydrogen (secondary N) is 2. The average molecular weight is 545 g/mol. The highest BCUT2D eigenvalue weighted by Crippen LogP contribution is 2.38. The molecule has 3 aromatic carbocycles. The number of hydrogen-bond donors (Lipinski definition) is 2. The highest BCUT2D eigenvalue weighted by molar-refractivity contribution is 6.37. The molecular formula is C31H33N5O4. The van der Waals surface area contributed by atoms with Gasteiger partial charge >= 0.3 is 5.97 Å². The number of esters is 1. The van der Waals surface area contributed by atoms with Gasteiger partial charge in [0.25, 0.3) is 5.91 Å². The standard InChI is InChI=1S/C31H33N5O4/c1-34-15-17-36(18-16-34)20-27(37)35(2)24-12-10-23(11-13-24)32-29(21-7-5-4-6-8-21)28-25-14-9-22(31(39)40-3)19-26(25)33-30(28)38/h4-14,19,32H,15-18,20H2,1-3H3,(H,33,38)/b29-28-/i2D3,20D2. The number of piperazine rings is 1. The number of methoxy groups -OCH3 is 1. The first-order valence-electron chi connectivity index (χ1n) is 15.3. The number of benzene rings is 3. The number of fused-ring (bicyclic) bond motifs is 1. The van der Waals surface area contributed by atoms with Crippen LogP contribution >= 0.6 is 0 Å². The van der Waals surface area contributed by atoms with E-state index in [0.717, 1.165) is 0 Å². The molecule has 9 nitrogen and oxygen atoms in total. The van der Waals surface area contributed by atoms with Crippen molar-refractivity contribution in [2.24, 2.45) is 0 Å². The van der Waals surface area contributed by atoms with Crippen molar-refractivity contribution in [2.75, 3.05) is 69.3 Å². The SMILES string of the molecule is [2H]C([2H])([2H])N(C(=O)C([2H])([2H])N1CCN(C)CC1)c1ccc(N/C(=C2\C(=O)Nc3cc(C(=O)OC)ccc32)c2ccccc2)cc1. The highest BCUT2D eigenvalue weighted by atomic mass is 16.5. The van der Waals surface area contributed by atoms with Crippen LogP contribution in [-0.4, -0.2) is 81.4 Å². The largest absolute Gasteiger partial charge is 0.465 e. The Morgan fingerprint density at radius 1 is 1.02 bits per heavy atom. The lowest BCUT2D eigenvalue weighted by atomic mass is 9.99. The van der Waals surface area contributed by atoms with Gasteiger partial charge in [-0.2, -0.15) is 0 Å². The van der Waals surface area contributed by atoms with Crippen LogP contribution in [0.3, 0.4) is 0 Å². The first-order chi connectivity index (χ1) is 21.3. The average Bonchev–Trinajstić information content (AvgIpc) is 3.34. The summed E-state index contributed by atoms with van der Waals surface area (Å²) in [5.41, 5.74) is 3.27. The summed E-state index contributed by atoms with van der Waals surface area (Å²) in [6.07, 6.45) is 0. The number of carbonyl (C=O) groups is 3. The van der Waals surface area contributed by atoms with E-state index in [2.05, 4.69) is 10.6 Å². The summed E-state index contributed by atoms with van der Waals surface area (Å²) in [4.78, 5) is 42.7. The topological polar surface area (TPSA) is 94.2 Å². The third kappa shape index (κ3) is 5.75. The molecule has 0 aliphatic carbocycles. The van der Waals surface area contributed by atoms with E-state index in [9.17, 15) is 14.4 Å². The van der Waals surface area contributed by atoms with Crippen LogP contribution < -0.4 is 15.5 Å².